The fraction of sp³-hybridized carbons (Fsp3) is 1.00. The van der Waals surface area contributed by atoms with Gasteiger partial charge in [0.2, 0.25) is 0 Å². The van der Waals surface area contributed by atoms with Crippen LogP contribution in [-0.2, 0) is 0 Å². The van der Waals surface area contributed by atoms with Crippen LogP contribution in [0.2, 0.25) is 0 Å². The number of hydrogen-bond donors (Lipinski definition) is 1. The van der Waals surface area contributed by atoms with E-state index in [1.54, 1.807) is 0 Å². The first-order valence-corrected chi connectivity index (χ1v) is 6.13. The summed E-state index contributed by atoms with van der Waals surface area (Å²) in [4.78, 5) is 2.54. The van der Waals surface area contributed by atoms with Crippen LogP contribution in [0.5, 0.6) is 0 Å². The van der Waals surface area contributed by atoms with Crippen LogP contribution in [-0.4, -0.2) is 36.2 Å². The molecule has 0 amide bonds. The molecule has 0 aromatic carbocycles. The van der Waals surface area contributed by atoms with E-state index in [2.05, 4.69) is 18.7 Å². The molecule has 84 valence electrons. The summed E-state index contributed by atoms with van der Waals surface area (Å²) in [6.45, 7) is 8.53. The van der Waals surface area contributed by atoms with E-state index in [-0.39, 0.29) is 0 Å². The maximum Gasteiger partial charge on any atom is 0.0471 e. The second-order valence-electron chi connectivity index (χ2n) is 4.63. The average Bonchev–Trinajstić information content (AvgIpc) is 2.26. The maximum atomic E-state index is 9.13. The molecule has 1 rings (SSSR count). The molecule has 1 fully saturated rings. The molecular formula is C12H25NO. The maximum absolute atomic E-state index is 9.13. The predicted molar refractivity (Wildman–Crippen MR) is 60.3 cm³/mol. The summed E-state index contributed by atoms with van der Waals surface area (Å²) in [6, 6.07) is 0. The number of nitrogens with zero attached hydrogens (tertiary/aromatic N) is 1. The van der Waals surface area contributed by atoms with Crippen molar-refractivity contribution in [1.82, 2.24) is 4.90 Å². The summed E-state index contributed by atoms with van der Waals surface area (Å²) in [5.41, 5.74) is 0. The zero-order valence-electron chi connectivity index (χ0n) is 9.71. The predicted octanol–water partition coefficient (Wildman–Crippen LogP) is 2.13. The van der Waals surface area contributed by atoms with E-state index in [0.29, 0.717) is 12.5 Å². The van der Waals surface area contributed by atoms with Crippen LogP contribution < -0.4 is 0 Å². The van der Waals surface area contributed by atoms with E-state index in [0.717, 1.165) is 12.5 Å². The van der Waals surface area contributed by atoms with Crippen LogP contribution in [0, 0.1) is 11.8 Å². The molecule has 0 unspecified atom stereocenters. The minimum atomic E-state index is 0.374. The number of aliphatic hydroxyl groups excluding tert-OH is 1. The lowest BCUT2D eigenvalue weighted by molar-refractivity contribution is 0.106. The lowest BCUT2D eigenvalue weighted by atomic mass is 9.96. The molecule has 1 saturated heterocycles. The molecule has 1 N–H and O–H groups in total. The Kier molecular flexibility index (Phi) is 5.49. The summed E-state index contributed by atoms with van der Waals surface area (Å²) in [5.74, 6) is 1.39. The number of likely N-dealkylation sites (tertiary alicyclic amines) is 1. The van der Waals surface area contributed by atoms with Gasteiger partial charge in [0.1, 0.15) is 0 Å². The van der Waals surface area contributed by atoms with Crippen LogP contribution in [0.4, 0.5) is 0 Å². The van der Waals surface area contributed by atoms with E-state index in [1.165, 1.54) is 38.8 Å². The van der Waals surface area contributed by atoms with Gasteiger partial charge in [-0.25, -0.2) is 0 Å². The third-order valence-electron chi connectivity index (χ3n) is 3.53. The van der Waals surface area contributed by atoms with Crippen molar-refractivity contribution in [2.45, 2.75) is 39.5 Å². The molecule has 0 aliphatic carbocycles. The number of rotatable bonds is 5. The summed E-state index contributed by atoms with van der Waals surface area (Å²) in [5, 5.41) is 9.13. The first-order valence-electron chi connectivity index (χ1n) is 6.13. The van der Waals surface area contributed by atoms with Gasteiger partial charge < -0.3 is 10.0 Å². The van der Waals surface area contributed by atoms with Crippen molar-refractivity contribution in [3.63, 3.8) is 0 Å². The molecule has 1 aliphatic heterocycles. The fourth-order valence-electron chi connectivity index (χ4n) is 2.38. The first kappa shape index (κ1) is 12.0. The molecule has 2 nitrogen and oxygen atoms in total. The Bertz CT molecular complexity index is 145. The molecule has 0 aromatic rings. The van der Waals surface area contributed by atoms with E-state index in [9.17, 15) is 0 Å². The molecule has 0 bridgehead atoms. The molecular weight excluding hydrogens is 174 g/mol. The van der Waals surface area contributed by atoms with Crippen molar-refractivity contribution in [1.29, 1.82) is 0 Å². The van der Waals surface area contributed by atoms with Crippen LogP contribution in [0.25, 0.3) is 0 Å². The number of hydrogen-bond acceptors (Lipinski definition) is 2. The molecule has 1 atom stereocenters. The summed E-state index contributed by atoms with van der Waals surface area (Å²) in [7, 11) is 0. The quantitative estimate of drug-likeness (QED) is 0.733. The summed E-state index contributed by atoms with van der Waals surface area (Å²) in [6.07, 6.45) is 5.06. The highest BCUT2D eigenvalue weighted by atomic mass is 16.3. The van der Waals surface area contributed by atoms with Crippen molar-refractivity contribution in [2.24, 2.45) is 11.8 Å². The fourth-order valence-corrected chi connectivity index (χ4v) is 2.38. The topological polar surface area (TPSA) is 23.5 Å². The van der Waals surface area contributed by atoms with E-state index >= 15 is 0 Å². The average molecular weight is 199 g/mol. The first-order chi connectivity index (χ1) is 6.80. The smallest absolute Gasteiger partial charge is 0.0471 e. The third-order valence-corrected chi connectivity index (χ3v) is 3.53. The van der Waals surface area contributed by atoms with Crippen LogP contribution in [0.15, 0.2) is 0 Å². The Morgan fingerprint density at radius 1 is 1.36 bits per heavy atom. The molecule has 0 saturated carbocycles. The lowest BCUT2D eigenvalue weighted by Crippen LogP contribution is -2.39. The molecule has 0 radical (unpaired) electrons. The van der Waals surface area contributed by atoms with Crippen molar-refractivity contribution in [3.05, 3.63) is 0 Å². The van der Waals surface area contributed by atoms with E-state index < -0.39 is 0 Å². The van der Waals surface area contributed by atoms with Gasteiger partial charge in [-0.2, -0.15) is 0 Å². The highest BCUT2D eigenvalue weighted by Crippen LogP contribution is 2.18. The van der Waals surface area contributed by atoms with Gasteiger partial charge in [-0.05, 0) is 31.2 Å². The van der Waals surface area contributed by atoms with E-state index in [1.807, 2.05) is 0 Å². The van der Waals surface area contributed by atoms with Gasteiger partial charge in [0.05, 0.1) is 0 Å². The van der Waals surface area contributed by atoms with Gasteiger partial charge in [-0.1, -0.05) is 26.7 Å². The lowest BCUT2D eigenvalue weighted by Gasteiger charge is -2.33. The Morgan fingerprint density at radius 3 is 2.64 bits per heavy atom. The molecule has 1 aliphatic rings. The van der Waals surface area contributed by atoms with Crippen molar-refractivity contribution in [3.8, 4) is 0 Å². The second-order valence-corrected chi connectivity index (χ2v) is 4.63. The molecule has 2 heteroatoms. The van der Waals surface area contributed by atoms with Gasteiger partial charge >= 0.3 is 0 Å². The highest BCUT2D eigenvalue weighted by molar-refractivity contribution is 4.74. The van der Waals surface area contributed by atoms with Gasteiger partial charge in [0.15, 0.2) is 0 Å². The molecule has 0 spiro atoms. The van der Waals surface area contributed by atoms with Crippen LogP contribution in [0.3, 0.4) is 0 Å². The van der Waals surface area contributed by atoms with Crippen molar-refractivity contribution >= 4 is 0 Å². The van der Waals surface area contributed by atoms with Crippen LogP contribution in [0.1, 0.15) is 39.5 Å². The zero-order valence-corrected chi connectivity index (χ0v) is 9.71. The third kappa shape index (κ3) is 3.58. The zero-order chi connectivity index (χ0) is 10.4. The molecule has 1 heterocycles. The number of piperidine rings is 1. The van der Waals surface area contributed by atoms with E-state index in [4.69, 9.17) is 5.11 Å². The molecule has 14 heavy (non-hydrogen) atoms. The minimum Gasteiger partial charge on any atom is -0.396 e. The Hall–Kier alpha value is -0.0800. The summed E-state index contributed by atoms with van der Waals surface area (Å²) >= 11 is 0. The largest absolute Gasteiger partial charge is 0.396 e. The standard InChI is InChI=1S/C12H25NO/c1-3-11(4-2)8-13-7-5-6-12(9-13)10-14/h11-12,14H,3-10H2,1-2H3/t12-/m0/s1. The highest BCUT2D eigenvalue weighted by Gasteiger charge is 2.20. The van der Waals surface area contributed by atoms with Gasteiger partial charge in [-0.3, -0.25) is 0 Å². The van der Waals surface area contributed by atoms with Crippen molar-refractivity contribution in [2.75, 3.05) is 26.2 Å². The second kappa shape index (κ2) is 6.41. The Morgan fingerprint density at radius 2 is 2.07 bits per heavy atom. The normalized spacial score (nSPS) is 24.4. The van der Waals surface area contributed by atoms with Crippen LogP contribution >= 0.6 is 0 Å². The Labute approximate surface area is 88.3 Å². The summed E-state index contributed by atoms with van der Waals surface area (Å²) < 4.78 is 0. The SMILES string of the molecule is CCC(CC)CN1CCC[C@H](CO)C1. The Balaban J connectivity index is 2.29. The molecule has 0 aromatic heterocycles. The minimum absolute atomic E-state index is 0.374. The van der Waals surface area contributed by atoms with Gasteiger partial charge in [-0.15, -0.1) is 0 Å². The monoisotopic (exact) mass is 199 g/mol. The van der Waals surface area contributed by atoms with Gasteiger partial charge in [0.25, 0.3) is 0 Å². The van der Waals surface area contributed by atoms with Gasteiger partial charge in [0, 0.05) is 19.7 Å². The van der Waals surface area contributed by atoms with Crippen molar-refractivity contribution < 1.29 is 5.11 Å². The number of aliphatic hydroxyl groups is 1.